The lowest BCUT2D eigenvalue weighted by atomic mass is 10.2. The summed E-state index contributed by atoms with van der Waals surface area (Å²) in [6, 6.07) is 2.68. The summed E-state index contributed by atoms with van der Waals surface area (Å²) < 4.78 is 0. The van der Waals surface area contributed by atoms with Gasteiger partial charge in [-0.15, -0.1) is 0 Å². The van der Waals surface area contributed by atoms with E-state index in [0.717, 1.165) is 31.8 Å². The molecule has 1 aliphatic rings. The zero-order chi connectivity index (χ0) is 10.6. The van der Waals surface area contributed by atoms with Gasteiger partial charge >= 0.3 is 0 Å². The predicted octanol–water partition coefficient (Wildman–Crippen LogP) is 1.44. The van der Waals surface area contributed by atoms with E-state index in [0.29, 0.717) is 6.04 Å². The predicted molar refractivity (Wildman–Crippen MR) is 57.7 cm³/mol. The topological polar surface area (TPSA) is 30.3 Å². The fraction of sp³-hybridized carbons (Fsp3) is 0.727. The van der Waals surface area contributed by atoms with Gasteiger partial charge < -0.3 is 4.90 Å². The van der Waals surface area contributed by atoms with Gasteiger partial charge in [0.1, 0.15) is 0 Å². The highest BCUT2D eigenvalue weighted by atomic mass is 15.3. The fourth-order valence-corrected chi connectivity index (χ4v) is 1.80. The lowest BCUT2D eigenvalue weighted by molar-refractivity contribution is 0.125. The van der Waals surface area contributed by atoms with Crippen molar-refractivity contribution in [3.8, 4) is 6.07 Å². The molecule has 3 nitrogen and oxygen atoms in total. The minimum atomic E-state index is 0.520. The Morgan fingerprint density at radius 1 is 1.57 bits per heavy atom. The molecule has 1 unspecified atom stereocenters. The van der Waals surface area contributed by atoms with Crippen LogP contribution in [-0.4, -0.2) is 42.0 Å². The molecule has 1 fully saturated rings. The quantitative estimate of drug-likeness (QED) is 0.622. The largest absolute Gasteiger partial charge is 0.371 e. The van der Waals surface area contributed by atoms with Crippen LogP contribution >= 0.6 is 0 Å². The monoisotopic (exact) mass is 193 g/mol. The Morgan fingerprint density at radius 3 is 2.79 bits per heavy atom. The zero-order valence-electron chi connectivity index (χ0n) is 9.32. The molecule has 0 aromatic heterocycles. The normalized spacial score (nSPS) is 24.9. The highest BCUT2D eigenvalue weighted by molar-refractivity contribution is 5.17. The number of nitriles is 1. The number of likely N-dealkylation sites (N-methyl/N-ethyl adjacent to an activating group) is 1. The average molecular weight is 193 g/mol. The van der Waals surface area contributed by atoms with Crippen molar-refractivity contribution in [3.05, 3.63) is 11.8 Å². The zero-order valence-corrected chi connectivity index (χ0v) is 9.32. The number of allylic oxidation sites excluding steroid dienone is 1. The molecule has 0 aromatic rings. The van der Waals surface area contributed by atoms with E-state index in [2.05, 4.69) is 29.7 Å². The first-order valence-electron chi connectivity index (χ1n) is 5.24. The molecule has 0 saturated carbocycles. The van der Waals surface area contributed by atoms with Crippen LogP contribution in [-0.2, 0) is 0 Å². The number of hydrogen-bond acceptors (Lipinski definition) is 3. The number of rotatable bonds is 2. The van der Waals surface area contributed by atoms with Gasteiger partial charge in [-0.2, -0.15) is 5.26 Å². The molecule has 3 heteroatoms. The van der Waals surface area contributed by atoms with E-state index in [1.807, 2.05) is 13.1 Å². The molecule has 0 aliphatic carbocycles. The first kappa shape index (κ1) is 11.1. The number of piperazine rings is 1. The van der Waals surface area contributed by atoms with Gasteiger partial charge in [0.15, 0.2) is 0 Å². The van der Waals surface area contributed by atoms with Crippen LogP contribution in [0.25, 0.3) is 0 Å². The van der Waals surface area contributed by atoms with Crippen molar-refractivity contribution in [3.63, 3.8) is 0 Å². The van der Waals surface area contributed by atoms with Crippen molar-refractivity contribution in [2.75, 3.05) is 26.2 Å². The molecule has 14 heavy (non-hydrogen) atoms. The van der Waals surface area contributed by atoms with Crippen molar-refractivity contribution in [1.29, 1.82) is 5.26 Å². The fourth-order valence-electron chi connectivity index (χ4n) is 1.80. The van der Waals surface area contributed by atoms with Crippen LogP contribution in [0.15, 0.2) is 11.8 Å². The molecule has 1 atom stereocenters. The van der Waals surface area contributed by atoms with Crippen LogP contribution in [0.3, 0.4) is 0 Å². The second-order valence-electron chi connectivity index (χ2n) is 3.90. The van der Waals surface area contributed by atoms with E-state index in [-0.39, 0.29) is 0 Å². The lowest BCUT2D eigenvalue weighted by Crippen LogP contribution is -2.49. The Hall–Kier alpha value is -1.01. The maximum Gasteiger partial charge on any atom is 0.0959 e. The van der Waals surface area contributed by atoms with Gasteiger partial charge in [-0.05, 0) is 20.4 Å². The molecule has 0 radical (unpaired) electrons. The van der Waals surface area contributed by atoms with Crippen molar-refractivity contribution < 1.29 is 0 Å². The Morgan fingerprint density at radius 2 is 2.29 bits per heavy atom. The summed E-state index contributed by atoms with van der Waals surface area (Å²) in [5.74, 6) is 0. The van der Waals surface area contributed by atoms with Gasteiger partial charge in [0.05, 0.1) is 6.07 Å². The minimum absolute atomic E-state index is 0.520. The summed E-state index contributed by atoms with van der Waals surface area (Å²) in [6.45, 7) is 10.6. The average Bonchev–Trinajstić information content (AvgIpc) is 2.20. The van der Waals surface area contributed by atoms with Crippen LogP contribution in [0, 0.1) is 11.3 Å². The molecular weight excluding hydrogens is 174 g/mol. The Labute approximate surface area is 86.6 Å². The van der Waals surface area contributed by atoms with Gasteiger partial charge in [-0.3, -0.25) is 4.90 Å². The molecule has 1 rings (SSSR count). The van der Waals surface area contributed by atoms with Crippen LogP contribution in [0.5, 0.6) is 0 Å². The van der Waals surface area contributed by atoms with E-state index in [1.54, 1.807) is 0 Å². The standard InChI is InChI=1S/C11H19N3/c1-4-13-5-6-14(11(3)9-13)8-10(2)7-12/h8,11H,4-6,9H2,1-3H3/b10-8-. The summed E-state index contributed by atoms with van der Waals surface area (Å²) >= 11 is 0. The Balaban J connectivity index is 2.55. The molecule has 78 valence electrons. The lowest BCUT2D eigenvalue weighted by Gasteiger charge is -2.39. The third-order valence-electron chi connectivity index (χ3n) is 2.75. The van der Waals surface area contributed by atoms with E-state index < -0.39 is 0 Å². The molecule has 0 N–H and O–H groups in total. The van der Waals surface area contributed by atoms with E-state index in [4.69, 9.17) is 5.26 Å². The highest BCUT2D eigenvalue weighted by Crippen LogP contribution is 2.10. The molecule has 0 spiro atoms. The maximum absolute atomic E-state index is 8.69. The second kappa shape index (κ2) is 5.02. The van der Waals surface area contributed by atoms with E-state index in [9.17, 15) is 0 Å². The molecule has 1 heterocycles. The van der Waals surface area contributed by atoms with E-state index >= 15 is 0 Å². The third kappa shape index (κ3) is 2.74. The smallest absolute Gasteiger partial charge is 0.0959 e. The van der Waals surface area contributed by atoms with Crippen LogP contribution in [0.4, 0.5) is 0 Å². The highest BCUT2D eigenvalue weighted by Gasteiger charge is 2.19. The maximum atomic E-state index is 8.69. The van der Waals surface area contributed by atoms with Crippen LogP contribution in [0.1, 0.15) is 20.8 Å². The van der Waals surface area contributed by atoms with Crippen molar-refractivity contribution in [2.45, 2.75) is 26.8 Å². The molecule has 1 aliphatic heterocycles. The first-order valence-corrected chi connectivity index (χ1v) is 5.24. The second-order valence-corrected chi connectivity index (χ2v) is 3.90. The van der Waals surface area contributed by atoms with Gasteiger partial charge in [0.2, 0.25) is 0 Å². The summed E-state index contributed by atoms with van der Waals surface area (Å²) in [5, 5.41) is 8.69. The molecule has 0 amide bonds. The van der Waals surface area contributed by atoms with Gasteiger partial charge in [0, 0.05) is 37.4 Å². The molecule has 0 aromatic carbocycles. The minimum Gasteiger partial charge on any atom is -0.371 e. The summed E-state index contributed by atoms with van der Waals surface area (Å²) in [4.78, 5) is 4.71. The van der Waals surface area contributed by atoms with Crippen molar-refractivity contribution in [2.24, 2.45) is 0 Å². The number of hydrogen-bond donors (Lipinski definition) is 0. The first-order chi connectivity index (χ1) is 6.67. The summed E-state index contributed by atoms with van der Waals surface area (Å²) in [7, 11) is 0. The summed E-state index contributed by atoms with van der Waals surface area (Å²) in [5.41, 5.74) is 0.793. The van der Waals surface area contributed by atoms with Gasteiger partial charge in [-0.1, -0.05) is 6.92 Å². The number of nitrogens with zero attached hydrogens (tertiary/aromatic N) is 3. The molecular formula is C11H19N3. The summed E-state index contributed by atoms with van der Waals surface area (Å²) in [6.07, 6.45) is 1.98. The van der Waals surface area contributed by atoms with Crippen molar-refractivity contribution in [1.82, 2.24) is 9.80 Å². The van der Waals surface area contributed by atoms with Crippen LogP contribution in [0.2, 0.25) is 0 Å². The molecule has 0 bridgehead atoms. The third-order valence-corrected chi connectivity index (χ3v) is 2.75. The molecule has 1 saturated heterocycles. The van der Waals surface area contributed by atoms with Gasteiger partial charge in [0.25, 0.3) is 0 Å². The van der Waals surface area contributed by atoms with Crippen LogP contribution < -0.4 is 0 Å². The Kier molecular flexibility index (Phi) is 3.97. The van der Waals surface area contributed by atoms with E-state index in [1.165, 1.54) is 0 Å². The SMILES string of the molecule is CCN1CCN(/C=C(/C)C#N)C(C)C1. The Bertz CT molecular complexity index is 252. The van der Waals surface area contributed by atoms with Gasteiger partial charge in [-0.25, -0.2) is 0 Å². The van der Waals surface area contributed by atoms with Crippen molar-refractivity contribution >= 4 is 0 Å².